The Morgan fingerprint density at radius 3 is 1.86 bits per heavy atom. The first-order chi connectivity index (χ1) is 32.5. The Morgan fingerprint density at radius 1 is 0.681 bits per heavy atom. The fourth-order valence-corrected chi connectivity index (χ4v) is 13.8. The Kier molecular flexibility index (Phi) is 15.7. The molecule has 0 bridgehead atoms. The SMILES string of the molecule is CO[C@H]1[C@@H](O)[C@H](O[C@H]2[C@@H](OC)C[C@H](O[C@H]3[C@@H](OC)C[C@H](O[C@H]4CC[C@@]5(C)C(=CC[C@]6(O)[C@@H]5C[C@@H](O)[C@@]5(C)[C@]6(O)CC[C@@]5(O)C(C)=O)C4)O[C@@H]3C)O[C@@H]2C)O[C@H](C)[C@H]1O[C@@H]1O[C@H](CO)[C@@H](O)[C@H](O)[C@H]1O. The topological polar surface area (TPSA) is 301 Å². The maximum absolute atomic E-state index is 12.8. The van der Waals surface area contributed by atoms with E-state index in [4.69, 9.17) is 52.1 Å². The highest BCUT2D eigenvalue weighted by Crippen LogP contribution is 2.70. The Labute approximate surface area is 403 Å². The molecular formula is C48H78O21. The number of methoxy groups -OCH3 is 3. The van der Waals surface area contributed by atoms with Gasteiger partial charge < -0.3 is 98.1 Å². The van der Waals surface area contributed by atoms with Crippen molar-refractivity contribution in [1.82, 2.24) is 0 Å². The summed E-state index contributed by atoms with van der Waals surface area (Å²) in [5, 5.41) is 100. The highest BCUT2D eigenvalue weighted by molar-refractivity contribution is 5.87. The molecule has 4 heterocycles. The number of aliphatic hydroxyl groups excluding tert-OH is 6. The normalized spacial score (nSPS) is 54.5. The molecule has 396 valence electrons. The monoisotopic (exact) mass is 991 g/mol. The van der Waals surface area contributed by atoms with E-state index >= 15 is 0 Å². The highest BCUT2D eigenvalue weighted by atomic mass is 16.8. The minimum atomic E-state index is -1.96. The number of carbonyl (C=O) groups is 1. The van der Waals surface area contributed by atoms with E-state index in [1.165, 1.54) is 21.1 Å². The fraction of sp³-hybridized carbons (Fsp3) is 0.938. The zero-order chi connectivity index (χ0) is 50.3. The second-order valence-electron chi connectivity index (χ2n) is 21.5. The van der Waals surface area contributed by atoms with Crippen molar-refractivity contribution < 1.29 is 103 Å². The van der Waals surface area contributed by atoms with Gasteiger partial charge in [-0.1, -0.05) is 25.5 Å². The fourth-order valence-electron chi connectivity index (χ4n) is 13.8. The average Bonchev–Trinajstić information content (AvgIpc) is 3.55. The van der Waals surface area contributed by atoms with E-state index in [0.29, 0.717) is 25.7 Å². The van der Waals surface area contributed by atoms with Gasteiger partial charge in [0, 0.05) is 40.1 Å². The Hall–Kier alpha value is -1.39. The summed E-state index contributed by atoms with van der Waals surface area (Å²) in [5.41, 5.74) is -6.68. The van der Waals surface area contributed by atoms with Gasteiger partial charge in [0.1, 0.15) is 71.7 Å². The van der Waals surface area contributed by atoms with Crippen LogP contribution in [0.1, 0.15) is 99.3 Å². The number of ether oxygens (including phenoxy) is 11. The standard InChI is InChI=1S/C48H78O21/c1-21-38(67-33-18-28(60-8)39(22(2)63-33)68-43-37(55)41(61-9)40(23(3)64-43)69-42-36(54)35(53)34(52)29(20-49)66-42)27(59-7)17-32(62-21)65-26-11-12-44(5)25(16-26)10-13-47(57)30(44)19-31(51)45(6)46(56,24(4)50)14-15-48(45,47)58/h10,21-23,26-43,49,51-58H,11-20H2,1-9H3/t21-,22-,23-,26+,27+,28+,29-,30-,31-,32+,33+,34-,35+,36-,37-,38-,39-,40-,41+,42+,43+,44+,45-,46-,47+,48-/m1/s1. The predicted octanol–water partition coefficient (Wildman–Crippen LogP) is -0.769. The van der Waals surface area contributed by atoms with E-state index in [9.17, 15) is 50.8 Å². The molecule has 0 amide bonds. The van der Waals surface area contributed by atoms with Crippen molar-refractivity contribution in [3.05, 3.63) is 11.6 Å². The van der Waals surface area contributed by atoms with Gasteiger partial charge in [0.25, 0.3) is 0 Å². The zero-order valence-electron chi connectivity index (χ0n) is 41.2. The van der Waals surface area contributed by atoms with Crippen LogP contribution in [0.15, 0.2) is 11.6 Å². The molecule has 9 N–H and O–H groups in total. The Morgan fingerprint density at radius 2 is 1.26 bits per heavy atom. The van der Waals surface area contributed by atoms with Crippen molar-refractivity contribution in [1.29, 1.82) is 0 Å². The molecule has 0 unspecified atom stereocenters. The van der Waals surface area contributed by atoms with Crippen molar-refractivity contribution in [2.24, 2.45) is 16.7 Å². The molecule has 69 heavy (non-hydrogen) atoms. The predicted molar refractivity (Wildman–Crippen MR) is 236 cm³/mol. The second-order valence-corrected chi connectivity index (χ2v) is 21.5. The molecule has 8 rings (SSSR count). The summed E-state index contributed by atoms with van der Waals surface area (Å²) in [6.07, 6.45) is -14.9. The quantitative estimate of drug-likeness (QED) is 0.102. The molecule has 0 aromatic heterocycles. The molecule has 4 saturated heterocycles. The van der Waals surface area contributed by atoms with Crippen LogP contribution >= 0.6 is 0 Å². The number of ketones is 1. The number of hydrogen-bond acceptors (Lipinski definition) is 21. The van der Waals surface area contributed by atoms with Crippen LogP contribution in [0.25, 0.3) is 0 Å². The van der Waals surface area contributed by atoms with Gasteiger partial charge in [-0.15, -0.1) is 0 Å². The van der Waals surface area contributed by atoms with Crippen LogP contribution in [0.2, 0.25) is 0 Å². The molecular weight excluding hydrogens is 913 g/mol. The van der Waals surface area contributed by atoms with Crippen LogP contribution in [-0.2, 0) is 56.9 Å². The lowest BCUT2D eigenvalue weighted by Gasteiger charge is -2.66. The lowest BCUT2D eigenvalue weighted by Crippen LogP contribution is -2.78. The van der Waals surface area contributed by atoms with Crippen molar-refractivity contribution in [2.45, 2.75) is 239 Å². The third-order valence-corrected chi connectivity index (χ3v) is 18.1. The summed E-state index contributed by atoms with van der Waals surface area (Å²) in [6, 6.07) is 0. The smallest absolute Gasteiger partial charge is 0.187 e. The molecule has 0 spiro atoms. The van der Waals surface area contributed by atoms with Crippen LogP contribution in [0, 0.1) is 16.7 Å². The van der Waals surface area contributed by atoms with Crippen LogP contribution in [-0.4, -0.2) is 219 Å². The summed E-state index contributed by atoms with van der Waals surface area (Å²) in [5.74, 6) is -1.06. The van der Waals surface area contributed by atoms with E-state index in [1.807, 2.05) is 13.0 Å². The number of aliphatic hydroxyl groups is 9. The summed E-state index contributed by atoms with van der Waals surface area (Å²) in [7, 11) is 4.49. The van der Waals surface area contributed by atoms with Crippen molar-refractivity contribution in [3.8, 4) is 0 Å². The summed E-state index contributed by atoms with van der Waals surface area (Å²) in [4.78, 5) is 12.8. The lowest BCUT2D eigenvalue weighted by molar-refractivity contribution is -0.373. The number of rotatable bonds is 13. The molecule has 26 atom stereocenters. The number of Topliss-reactive ketones (excluding diaryl/α,β-unsaturated/α-hetero) is 1. The van der Waals surface area contributed by atoms with Gasteiger partial charge in [-0.2, -0.15) is 0 Å². The first-order valence-corrected chi connectivity index (χ1v) is 24.7. The largest absolute Gasteiger partial charge is 0.394 e. The summed E-state index contributed by atoms with van der Waals surface area (Å²) < 4.78 is 67.5. The van der Waals surface area contributed by atoms with Crippen LogP contribution < -0.4 is 0 Å². The van der Waals surface area contributed by atoms with Gasteiger partial charge in [-0.25, -0.2) is 0 Å². The molecule has 8 aliphatic rings. The molecule has 0 aromatic rings. The van der Waals surface area contributed by atoms with Gasteiger partial charge in [-0.3, -0.25) is 4.79 Å². The van der Waals surface area contributed by atoms with E-state index in [0.717, 1.165) is 5.57 Å². The third-order valence-electron chi connectivity index (χ3n) is 18.1. The number of carbonyl (C=O) groups excluding carboxylic acids is 1. The molecule has 7 fully saturated rings. The van der Waals surface area contributed by atoms with Gasteiger partial charge in [0.2, 0.25) is 0 Å². The maximum Gasteiger partial charge on any atom is 0.187 e. The zero-order valence-corrected chi connectivity index (χ0v) is 41.2. The van der Waals surface area contributed by atoms with Gasteiger partial charge >= 0.3 is 0 Å². The van der Waals surface area contributed by atoms with Crippen molar-refractivity contribution >= 4 is 5.78 Å². The summed E-state index contributed by atoms with van der Waals surface area (Å²) in [6.45, 7) is 9.56. The van der Waals surface area contributed by atoms with Gasteiger partial charge in [0.15, 0.2) is 30.9 Å². The van der Waals surface area contributed by atoms with E-state index in [1.54, 1.807) is 27.9 Å². The molecule has 21 heteroatoms. The Bertz CT molecular complexity index is 1840. The van der Waals surface area contributed by atoms with Crippen LogP contribution in [0.4, 0.5) is 0 Å². The van der Waals surface area contributed by atoms with Gasteiger partial charge in [-0.05, 0) is 78.1 Å². The van der Waals surface area contributed by atoms with Gasteiger partial charge in [0.05, 0.1) is 54.7 Å². The summed E-state index contributed by atoms with van der Waals surface area (Å²) >= 11 is 0. The highest BCUT2D eigenvalue weighted by Gasteiger charge is 2.80. The van der Waals surface area contributed by atoms with E-state index in [2.05, 4.69) is 6.92 Å². The minimum absolute atomic E-state index is 0.0128. The first-order valence-electron chi connectivity index (χ1n) is 24.7. The molecule has 0 aromatic carbocycles. The molecule has 4 aliphatic carbocycles. The number of fused-ring (bicyclic) bond motifs is 5. The second kappa shape index (κ2) is 20.0. The molecule has 21 nitrogen and oxygen atoms in total. The average molecular weight is 991 g/mol. The third kappa shape index (κ3) is 8.72. The maximum atomic E-state index is 12.8. The molecule has 4 aliphatic heterocycles. The van der Waals surface area contributed by atoms with Crippen molar-refractivity contribution in [3.63, 3.8) is 0 Å². The number of hydrogen-bond donors (Lipinski definition) is 9. The van der Waals surface area contributed by atoms with Crippen LogP contribution in [0.3, 0.4) is 0 Å². The van der Waals surface area contributed by atoms with E-state index in [-0.39, 0.29) is 38.2 Å². The minimum Gasteiger partial charge on any atom is -0.394 e. The van der Waals surface area contributed by atoms with Crippen LogP contribution in [0.5, 0.6) is 0 Å². The van der Waals surface area contributed by atoms with E-state index < -0.39 is 163 Å². The Balaban J connectivity index is 0.859. The molecule has 3 saturated carbocycles. The molecule has 0 radical (unpaired) electrons. The first kappa shape index (κ1) is 53.9. The lowest BCUT2D eigenvalue weighted by atomic mass is 9.42. The van der Waals surface area contributed by atoms with Crippen molar-refractivity contribution in [2.75, 3.05) is 27.9 Å².